The molecule has 2 nitrogen and oxygen atoms in total. The zero-order chi connectivity index (χ0) is 10.3. The Labute approximate surface area is 99.9 Å². The molecule has 1 heterocycles. The molecule has 0 unspecified atom stereocenters. The van der Waals surface area contributed by atoms with E-state index in [1.54, 1.807) is 17.4 Å². The van der Waals surface area contributed by atoms with Crippen molar-refractivity contribution in [1.29, 1.82) is 0 Å². The maximum atomic E-state index is 9.15. The molecule has 14 heavy (non-hydrogen) atoms. The molecule has 0 radical (unpaired) electrons. The smallest absolute Gasteiger partial charge is 0.423 e. The summed E-state index contributed by atoms with van der Waals surface area (Å²) in [5.41, 5.74) is 1.77. The van der Waals surface area contributed by atoms with Crippen molar-refractivity contribution in [2.24, 2.45) is 0 Å². The van der Waals surface area contributed by atoms with Crippen LogP contribution in [0.1, 0.15) is 5.56 Å². The number of halogens is 1. The Bertz CT molecular complexity index is 481. The van der Waals surface area contributed by atoms with Crippen molar-refractivity contribution in [2.75, 3.05) is 0 Å². The van der Waals surface area contributed by atoms with E-state index in [1.807, 2.05) is 13.0 Å². The van der Waals surface area contributed by atoms with E-state index < -0.39 is 7.12 Å². The first-order valence-corrected chi connectivity index (χ1v) is 6.09. The van der Waals surface area contributed by atoms with Crippen LogP contribution >= 0.6 is 33.9 Å². The Balaban J connectivity index is 2.79. The molecular weight excluding hydrogens is 310 g/mol. The lowest BCUT2D eigenvalue weighted by atomic mass is 9.80. The topological polar surface area (TPSA) is 40.5 Å². The third-order valence-corrected chi connectivity index (χ3v) is 4.40. The van der Waals surface area contributed by atoms with Gasteiger partial charge in [-0.2, -0.15) is 0 Å². The van der Waals surface area contributed by atoms with Crippen LogP contribution in [0.4, 0.5) is 0 Å². The monoisotopic (exact) mass is 318 g/mol. The van der Waals surface area contributed by atoms with Crippen molar-refractivity contribution in [1.82, 2.24) is 0 Å². The van der Waals surface area contributed by atoms with E-state index in [2.05, 4.69) is 28.0 Å². The van der Waals surface area contributed by atoms with Crippen LogP contribution < -0.4 is 5.46 Å². The van der Waals surface area contributed by atoms with Crippen LogP contribution in [0.5, 0.6) is 0 Å². The molecule has 0 aliphatic rings. The molecule has 0 amide bonds. The van der Waals surface area contributed by atoms with Crippen LogP contribution in [-0.2, 0) is 0 Å². The lowest BCUT2D eigenvalue weighted by Gasteiger charge is -2.04. The van der Waals surface area contributed by atoms with E-state index in [0.29, 0.717) is 5.46 Å². The highest BCUT2D eigenvalue weighted by Gasteiger charge is 2.17. The number of benzene rings is 1. The van der Waals surface area contributed by atoms with Gasteiger partial charge in [-0.15, -0.1) is 11.3 Å². The van der Waals surface area contributed by atoms with Crippen molar-refractivity contribution in [3.63, 3.8) is 0 Å². The predicted molar refractivity (Wildman–Crippen MR) is 69.1 cm³/mol. The van der Waals surface area contributed by atoms with E-state index in [4.69, 9.17) is 10.0 Å². The third kappa shape index (κ3) is 1.58. The van der Waals surface area contributed by atoms with Gasteiger partial charge in [0.1, 0.15) is 0 Å². The van der Waals surface area contributed by atoms with Gasteiger partial charge in [-0.25, -0.2) is 0 Å². The highest BCUT2D eigenvalue weighted by atomic mass is 127. The molecule has 0 saturated heterocycles. The molecule has 1 aromatic heterocycles. The fraction of sp³-hybridized carbons (Fsp3) is 0.111. The molecule has 1 aromatic carbocycles. The maximum Gasteiger partial charge on any atom is 0.489 e. The normalized spacial score (nSPS) is 10.9. The summed E-state index contributed by atoms with van der Waals surface area (Å²) >= 11 is 3.84. The SMILES string of the molecule is Cc1csc2ccc(B(O)O)c(I)c12. The minimum absolute atomic E-state index is 0.583. The average molecular weight is 318 g/mol. The van der Waals surface area contributed by atoms with Gasteiger partial charge < -0.3 is 10.0 Å². The van der Waals surface area contributed by atoms with Gasteiger partial charge >= 0.3 is 7.12 Å². The fourth-order valence-corrected chi connectivity index (χ4v) is 3.76. The van der Waals surface area contributed by atoms with Gasteiger partial charge in [0.2, 0.25) is 0 Å². The van der Waals surface area contributed by atoms with Crippen LogP contribution in [0.2, 0.25) is 0 Å². The van der Waals surface area contributed by atoms with Crippen LogP contribution in [0.25, 0.3) is 10.1 Å². The molecule has 0 fully saturated rings. The van der Waals surface area contributed by atoms with E-state index in [-0.39, 0.29) is 0 Å². The fourth-order valence-electron chi connectivity index (χ4n) is 1.45. The summed E-state index contributed by atoms with van der Waals surface area (Å²) in [6.07, 6.45) is 0. The molecule has 0 atom stereocenters. The van der Waals surface area contributed by atoms with Crippen molar-refractivity contribution < 1.29 is 10.0 Å². The van der Waals surface area contributed by atoms with E-state index in [0.717, 1.165) is 8.96 Å². The second-order valence-corrected chi connectivity index (χ2v) is 5.12. The summed E-state index contributed by atoms with van der Waals surface area (Å²) in [5.74, 6) is 0. The first-order chi connectivity index (χ1) is 6.61. The molecule has 72 valence electrons. The van der Waals surface area contributed by atoms with E-state index >= 15 is 0 Å². The number of hydrogen-bond donors (Lipinski definition) is 2. The summed E-state index contributed by atoms with van der Waals surface area (Å²) in [6, 6.07) is 3.70. The summed E-state index contributed by atoms with van der Waals surface area (Å²) in [4.78, 5) is 0. The van der Waals surface area contributed by atoms with Gasteiger partial charge in [-0.05, 0) is 52.0 Å². The van der Waals surface area contributed by atoms with Crippen molar-refractivity contribution in [2.45, 2.75) is 6.92 Å². The highest BCUT2D eigenvalue weighted by molar-refractivity contribution is 14.1. The molecule has 2 aromatic rings. The van der Waals surface area contributed by atoms with Gasteiger partial charge in [0.15, 0.2) is 0 Å². The molecule has 0 aliphatic heterocycles. The second-order valence-electron chi connectivity index (χ2n) is 3.13. The van der Waals surface area contributed by atoms with Crippen molar-refractivity contribution >= 4 is 56.6 Å². The first kappa shape index (κ1) is 10.4. The van der Waals surface area contributed by atoms with Gasteiger partial charge in [0.25, 0.3) is 0 Å². The van der Waals surface area contributed by atoms with E-state index in [9.17, 15) is 0 Å². The molecule has 0 spiro atoms. The molecule has 0 aliphatic carbocycles. The average Bonchev–Trinajstić information content (AvgIpc) is 2.48. The third-order valence-electron chi connectivity index (χ3n) is 2.17. The molecule has 2 N–H and O–H groups in total. The minimum Gasteiger partial charge on any atom is -0.423 e. The Kier molecular flexibility index (Phi) is 2.83. The minimum atomic E-state index is -1.38. The zero-order valence-electron chi connectivity index (χ0n) is 7.49. The quantitative estimate of drug-likeness (QED) is 0.618. The molecular formula is C9H8BIO2S. The lowest BCUT2D eigenvalue weighted by molar-refractivity contribution is 0.425. The summed E-state index contributed by atoms with van der Waals surface area (Å²) in [7, 11) is -1.38. The van der Waals surface area contributed by atoms with Crippen LogP contribution in [0, 0.1) is 10.5 Å². The number of rotatable bonds is 1. The highest BCUT2D eigenvalue weighted by Crippen LogP contribution is 2.28. The Hall–Kier alpha value is -0.105. The summed E-state index contributed by atoms with van der Waals surface area (Å²) in [6.45, 7) is 2.04. The molecule has 2 rings (SSSR count). The number of fused-ring (bicyclic) bond motifs is 1. The van der Waals surface area contributed by atoms with Crippen LogP contribution in [-0.4, -0.2) is 17.2 Å². The first-order valence-electron chi connectivity index (χ1n) is 4.13. The molecule has 0 saturated carbocycles. The van der Waals surface area contributed by atoms with Gasteiger partial charge in [-0.3, -0.25) is 0 Å². The Morgan fingerprint density at radius 2 is 2.07 bits per heavy atom. The largest absolute Gasteiger partial charge is 0.489 e. The maximum absolute atomic E-state index is 9.15. The van der Waals surface area contributed by atoms with Crippen molar-refractivity contribution in [3.05, 3.63) is 26.6 Å². The van der Waals surface area contributed by atoms with Crippen LogP contribution in [0.3, 0.4) is 0 Å². The second kappa shape index (κ2) is 3.81. The summed E-state index contributed by atoms with van der Waals surface area (Å²) in [5, 5.41) is 21.5. The zero-order valence-corrected chi connectivity index (χ0v) is 10.5. The standard InChI is InChI=1S/C9H8BIO2S/c1-5-4-14-7-3-2-6(10(12)13)9(11)8(5)7/h2-4,12-13H,1H3. The lowest BCUT2D eigenvalue weighted by Crippen LogP contribution is -2.32. The number of thiophene rings is 1. The van der Waals surface area contributed by atoms with E-state index in [1.165, 1.54) is 10.3 Å². The van der Waals surface area contributed by atoms with Gasteiger partial charge in [0, 0.05) is 13.7 Å². The van der Waals surface area contributed by atoms with Crippen molar-refractivity contribution in [3.8, 4) is 0 Å². The Morgan fingerprint density at radius 3 is 2.71 bits per heavy atom. The van der Waals surface area contributed by atoms with Gasteiger partial charge in [0.05, 0.1) is 0 Å². The molecule has 5 heteroatoms. The van der Waals surface area contributed by atoms with Gasteiger partial charge in [-0.1, -0.05) is 6.07 Å². The van der Waals surface area contributed by atoms with Crippen LogP contribution in [0.15, 0.2) is 17.5 Å². The number of hydrogen-bond acceptors (Lipinski definition) is 3. The Morgan fingerprint density at radius 1 is 1.36 bits per heavy atom. The predicted octanol–water partition coefficient (Wildman–Crippen LogP) is 1.49. The summed E-state index contributed by atoms with van der Waals surface area (Å²) < 4.78 is 2.13. The molecule has 0 bridgehead atoms. The number of aryl methyl sites for hydroxylation is 1.